The molecule has 0 fully saturated rings. The van der Waals surface area contributed by atoms with Crippen molar-refractivity contribution < 1.29 is 13.6 Å². The number of aryl methyl sites for hydroxylation is 1. The van der Waals surface area contributed by atoms with Crippen molar-refractivity contribution in [2.45, 2.75) is 25.8 Å². The predicted molar refractivity (Wildman–Crippen MR) is 89.6 cm³/mol. The van der Waals surface area contributed by atoms with E-state index >= 15 is 0 Å². The second-order valence-electron chi connectivity index (χ2n) is 5.76. The second kappa shape index (κ2) is 6.71. The van der Waals surface area contributed by atoms with Gasteiger partial charge in [-0.1, -0.05) is 6.07 Å². The van der Waals surface area contributed by atoms with Gasteiger partial charge in [0.15, 0.2) is 0 Å². The number of pyridine rings is 2. The summed E-state index contributed by atoms with van der Waals surface area (Å²) in [5.41, 5.74) is 4.07. The molecule has 0 radical (unpaired) electrons. The Labute approximate surface area is 140 Å². The Balaban J connectivity index is 1.43. The average Bonchev–Trinajstić information content (AvgIpc) is 2.61. The van der Waals surface area contributed by atoms with E-state index in [0.29, 0.717) is 11.8 Å². The molecule has 0 aromatic carbocycles. The van der Waals surface area contributed by atoms with Crippen molar-refractivity contribution in [3.05, 3.63) is 41.2 Å². The summed E-state index contributed by atoms with van der Waals surface area (Å²) in [6.45, 7) is 2.64. The smallest absolute Gasteiger partial charge is 0.384 e. The maximum absolute atomic E-state index is 12.1. The Morgan fingerprint density at radius 3 is 2.62 bits per heavy atom. The molecule has 2 aliphatic heterocycles. The molecular formula is C16H18N4O3P+. The number of aromatic nitrogens is 2. The molecule has 4 heterocycles. The van der Waals surface area contributed by atoms with Crippen LogP contribution >= 0.6 is 8.25 Å². The fourth-order valence-corrected chi connectivity index (χ4v) is 3.45. The Morgan fingerprint density at radius 1 is 0.958 bits per heavy atom. The molecule has 24 heavy (non-hydrogen) atoms. The monoisotopic (exact) mass is 345 g/mol. The average molecular weight is 345 g/mol. The standard InChI is InChI=1S/C16H18N4O3P/c21-24(22-15-5-3-11-10-17-9-7-12(11)19-15)23-16-6-4-13-14(20-16)2-1-8-18-13/h3-6,17-18H,1-2,7-10H2/q+1. The summed E-state index contributed by atoms with van der Waals surface area (Å²) in [5, 5.41) is 6.56. The fraction of sp³-hybridized carbons (Fsp3) is 0.375. The molecule has 0 aliphatic carbocycles. The van der Waals surface area contributed by atoms with Crippen molar-refractivity contribution in [1.82, 2.24) is 15.3 Å². The van der Waals surface area contributed by atoms with Gasteiger partial charge >= 0.3 is 8.25 Å². The highest BCUT2D eigenvalue weighted by atomic mass is 31.1. The molecule has 0 amide bonds. The summed E-state index contributed by atoms with van der Waals surface area (Å²) in [6, 6.07) is 7.24. The fourth-order valence-electron chi connectivity index (χ4n) is 2.90. The lowest BCUT2D eigenvalue weighted by Gasteiger charge is -2.16. The van der Waals surface area contributed by atoms with Gasteiger partial charge in [0, 0.05) is 42.8 Å². The van der Waals surface area contributed by atoms with E-state index in [1.165, 1.54) is 0 Å². The van der Waals surface area contributed by atoms with E-state index in [1.807, 2.05) is 12.1 Å². The number of nitrogens with one attached hydrogen (secondary N) is 2. The van der Waals surface area contributed by atoms with Gasteiger partial charge in [0.05, 0.1) is 17.1 Å². The molecule has 2 aliphatic rings. The third-order valence-corrected chi connectivity index (χ3v) is 4.76. The van der Waals surface area contributed by atoms with Crippen LogP contribution in [0.5, 0.6) is 11.8 Å². The van der Waals surface area contributed by atoms with E-state index in [1.54, 1.807) is 12.1 Å². The third-order valence-electron chi connectivity index (χ3n) is 4.09. The van der Waals surface area contributed by atoms with Crippen molar-refractivity contribution in [2.75, 3.05) is 18.4 Å². The van der Waals surface area contributed by atoms with Crippen LogP contribution in [0.3, 0.4) is 0 Å². The molecular weight excluding hydrogens is 327 g/mol. The first-order valence-corrected chi connectivity index (χ1v) is 9.14. The lowest BCUT2D eigenvalue weighted by atomic mass is 10.1. The SMILES string of the molecule is O=[P+](Oc1ccc2c(n1)CCNC2)Oc1ccc2c(n1)CCCN2. The van der Waals surface area contributed by atoms with Crippen LogP contribution in [0.2, 0.25) is 0 Å². The largest absolute Gasteiger partial charge is 0.808 e. The molecule has 0 saturated carbocycles. The lowest BCUT2D eigenvalue weighted by Crippen LogP contribution is -2.24. The molecule has 0 spiro atoms. The number of fused-ring (bicyclic) bond motifs is 2. The van der Waals surface area contributed by atoms with Crippen molar-refractivity contribution in [2.24, 2.45) is 0 Å². The zero-order chi connectivity index (χ0) is 16.4. The Morgan fingerprint density at radius 2 is 1.75 bits per heavy atom. The summed E-state index contributed by atoms with van der Waals surface area (Å²) < 4.78 is 22.8. The molecule has 8 heteroatoms. The van der Waals surface area contributed by atoms with E-state index < -0.39 is 8.25 Å². The van der Waals surface area contributed by atoms with E-state index in [-0.39, 0.29) is 0 Å². The van der Waals surface area contributed by atoms with E-state index in [0.717, 1.165) is 61.5 Å². The molecule has 7 nitrogen and oxygen atoms in total. The maximum atomic E-state index is 12.1. The summed E-state index contributed by atoms with van der Waals surface area (Å²) in [4.78, 5) is 8.80. The Hall–Kier alpha value is -2.24. The molecule has 2 aromatic heterocycles. The van der Waals surface area contributed by atoms with Gasteiger partial charge in [-0.3, -0.25) is 0 Å². The first-order valence-electron chi connectivity index (χ1n) is 8.04. The zero-order valence-electron chi connectivity index (χ0n) is 13.1. The van der Waals surface area contributed by atoms with Crippen LogP contribution in [-0.2, 0) is 24.0 Å². The Bertz CT molecular complexity index is 720. The van der Waals surface area contributed by atoms with Gasteiger partial charge in [-0.05, 0) is 24.5 Å². The van der Waals surface area contributed by atoms with Gasteiger partial charge in [-0.2, -0.15) is 0 Å². The van der Waals surface area contributed by atoms with E-state index in [4.69, 9.17) is 9.05 Å². The van der Waals surface area contributed by atoms with Crippen molar-refractivity contribution in [3.8, 4) is 11.8 Å². The maximum Gasteiger partial charge on any atom is 0.808 e. The van der Waals surface area contributed by atoms with Crippen LogP contribution in [0.25, 0.3) is 0 Å². The van der Waals surface area contributed by atoms with Gasteiger partial charge in [-0.25, -0.2) is 19.0 Å². The van der Waals surface area contributed by atoms with Crippen LogP contribution in [0.4, 0.5) is 5.69 Å². The predicted octanol–water partition coefficient (Wildman–Crippen LogP) is 2.60. The van der Waals surface area contributed by atoms with E-state index in [9.17, 15) is 4.57 Å². The molecule has 0 saturated heterocycles. The topological polar surface area (TPSA) is 85.4 Å². The number of nitrogens with zero attached hydrogens (tertiary/aromatic N) is 2. The van der Waals surface area contributed by atoms with Crippen LogP contribution in [0.1, 0.15) is 23.4 Å². The van der Waals surface area contributed by atoms with Crippen LogP contribution in [0, 0.1) is 0 Å². The summed E-state index contributed by atoms with van der Waals surface area (Å²) in [6.07, 6.45) is 2.75. The highest BCUT2D eigenvalue weighted by Gasteiger charge is 2.27. The molecule has 2 aromatic rings. The minimum Gasteiger partial charge on any atom is -0.384 e. The summed E-state index contributed by atoms with van der Waals surface area (Å²) in [7, 11) is -2.37. The van der Waals surface area contributed by atoms with Gasteiger partial charge in [0.1, 0.15) is 0 Å². The molecule has 124 valence electrons. The van der Waals surface area contributed by atoms with Crippen molar-refractivity contribution in [1.29, 1.82) is 0 Å². The van der Waals surface area contributed by atoms with E-state index in [2.05, 4.69) is 20.6 Å². The van der Waals surface area contributed by atoms with Crippen LogP contribution in [0.15, 0.2) is 24.3 Å². The minimum absolute atomic E-state index is 0.306. The number of rotatable bonds is 4. The number of hydrogen-bond donors (Lipinski definition) is 2. The summed E-state index contributed by atoms with van der Waals surface area (Å²) >= 11 is 0. The minimum atomic E-state index is -2.37. The third kappa shape index (κ3) is 3.32. The molecule has 4 rings (SSSR count). The van der Waals surface area contributed by atoms with Crippen LogP contribution in [-0.4, -0.2) is 23.1 Å². The quantitative estimate of drug-likeness (QED) is 0.824. The molecule has 0 bridgehead atoms. The zero-order valence-corrected chi connectivity index (χ0v) is 14.0. The first kappa shape index (κ1) is 15.3. The highest BCUT2D eigenvalue weighted by Crippen LogP contribution is 2.31. The molecule has 2 N–H and O–H groups in total. The first-order chi connectivity index (χ1) is 11.8. The highest BCUT2D eigenvalue weighted by molar-refractivity contribution is 7.34. The molecule has 1 atom stereocenters. The van der Waals surface area contributed by atoms with Gasteiger partial charge < -0.3 is 10.6 Å². The van der Waals surface area contributed by atoms with Gasteiger partial charge in [0.25, 0.3) is 11.8 Å². The Kier molecular flexibility index (Phi) is 4.28. The van der Waals surface area contributed by atoms with Gasteiger partial charge in [-0.15, -0.1) is 0 Å². The normalized spacial score (nSPS) is 16.4. The second-order valence-corrected chi connectivity index (χ2v) is 6.57. The van der Waals surface area contributed by atoms with Crippen LogP contribution < -0.4 is 19.7 Å². The van der Waals surface area contributed by atoms with Gasteiger partial charge in [0.2, 0.25) is 0 Å². The van der Waals surface area contributed by atoms with Crippen molar-refractivity contribution >= 4 is 13.9 Å². The van der Waals surface area contributed by atoms with Crippen molar-refractivity contribution in [3.63, 3.8) is 0 Å². The molecule has 1 unspecified atom stereocenters. The number of hydrogen-bond acceptors (Lipinski definition) is 7. The lowest BCUT2D eigenvalue weighted by molar-refractivity contribution is 0.401. The number of anilines is 1. The summed E-state index contributed by atoms with van der Waals surface area (Å²) in [5.74, 6) is 0.622.